The maximum Gasteiger partial charge on any atom is 0.321 e. The molecule has 0 radical (unpaired) electrons. The number of carbonyl (C=O) groups is 1. The Morgan fingerprint density at radius 3 is 2.64 bits per heavy atom. The number of anilines is 2. The molecule has 0 aliphatic carbocycles. The van der Waals surface area contributed by atoms with Crippen LogP contribution in [0.1, 0.15) is 18.5 Å². The lowest BCUT2D eigenvalue weighted by atomic mass is 10.1. The first kappa shape index (κ1) is 17.1. The summed E-state index contributed by atoms with van der Waals surface area (Å²) in [5.41, 5.74) is 0.929. The molecule has 2 amide bonds. The van der Waals surface area contributed by atoms with Gasteiger partial charge in [0.2, 0.25) is 0 Å². The van der Waals surface area contributed by atoms with Crippen LogP contribution in [0, 0.1) is 18.6 Å². The second kappa shape index (κ2) is 7.46. The van der Waals surface area contributed by atoms with Gasteiger partial charge in [-0.25, -0.2) is 18.6 Å². The fourth-order valence-corrected chi connectivity index (χ4v) is 2.84. The van der Waals surface area contributed by atoms with Crippen LogP contribution >= 0.6 is 0 Å². The summed E-state index contributed by atoms with van der Waals surface area (Å²) in [6.07, 6.45) is 1.55. The minimum Gasteiger partial charge on any atom is -0.367 e. The van der Waals surface area contributed by atoms with E-state index >= 15 is 0 Å². The maximum atomic E-state index is 13.6. The molecule has 132 valence electrons. The van der Waals surface area contributed by atoms with E-state index in [1.165, 1.54) is 6.07 Å². The second-order valence-electron chi connectivity index (χ2n) is 6.12. The lowest BCUT2D eigenvalue weighted by Gasteiger charge is -2.32. The zero-order chi connectivity index (χ0) is 17.8. The number of benzene rings is 1. The highest BCUT2D eigenvalue weighted by Gasteiger charge is 2.23. The summed E-state index contributed by atoms with van der Waals surface area (Å²) in [5.74, 6) is -0.626. The molecule has 1 aliphatic rings. The first-order chi connectivity index (χ1) is 12.0. The highest BCUT2D eigenvalue weighted by Crippen LogP contribution is 2.19. The number of aromatic nitrogens is 1. The molecule has 3 rings (SSSR count). The van der Waals surface area contributed by atoms with Crippen molar-refractivity contribution < 1.29 is 13.6 Å². The van der Waals surface area contributed by atoms with Gasteiger partial charge >= 0.3 is 6.03 Å². The van der Waals surface area contributed by atoms with Crippen LogP contribution in [0.2, 0.25) is 0 Å². The molecule has 0 bridgehead atoms. The lowest BCUT2D eigenvalue weighted by Crippen LogP contribution is -2.44. The van der Waals surface area contributed by atoms with Crippen LogP contribution < -0.4 is 10.6 Å². The van der Waals surface area contributed by atoms with Crippen LogP contribution in [0.3, 0.4) is 0 Å². The van der Waals surface area contributed by atoms with Crippen LogP contribution in [0.4, 0.5) is 25.1 Å². The number of amides is 2. The topological polar surface area (TPSA) is 57.3 Å². The van der Waals surface area contributed by atoms with Gasteiger partial charge in [0.15, 0.2) is 0 Å². The zero-order valence-corrected chi connectivity index (χ0v) is 13.9. The molecule has 1 aromatic heterocycles. The van der Waals surface area contributed by atoms with E-state index in [9.17, 15) is 13.6 Å². The summed E-state index contributed by atoms with van der Waals surface area (Å²) in [5, 5.41) is 5.87. The van der Waals surface area contributed by atoms with E-state index in [0.29, 0.717) is 13.1 Å². The summed E-state index contributed by atoms with van der Waals surface area (Å²) in [6, 6.07) is 8.75. The summed E-state index contributed by atoms with van der Waals surface area (Å²) in [7, 11) is 0. The van der Waals surface area contributed by atoms with Gasteiger partial charge in [-0.3, -0.25) is 0 Å². The van der Waals surface area contributed by atoms with E-state index in [-0.39, 0.29) is 17.8 Å². The normalized spacial score (nSPS) is 15.1. The van der Waals surface area contributed by atoms with Gasteiger partial charge in [0.05, 0.1) is 5.69 Å². The van der Waals surface area contributed by atoms with Crippen LogP contribution in [-0.2, 0) is 0 Å². The molecule has 7 heteroatoms. The Balaban J connectivity index is 1.52. The van der Waals surface area contributed by atoms with E-state index in [0.717, 1.165) is 36.5 Å². The molecule has 1 aromatic carbocycles. The fourth-order valence-electron chi connectivity index (χ4n) is 2.84. The van der Waals surface area contributed by atoms with E-state index in [2.05, 4.69) is 15.6 Å². The molecular formula is C18H20F2N4O. The van der Waals surface area contributed by atoms with Gasteiger partial charge in [-0.05, 0) is 44.0 Å². The third-order valence-corrected chi connectivity index (χ3v) is 4.20. The van der Waals surface area contributed by atoms with Gasteiger partial charge in [0.1, 0.15) is 17.5 Å². The summed E-state index contributed by atoms with van der Waals surface area (Å²) < 4.78 is 26.5. The van der Waals surface area contributed by atoms with Crippen molar-refractivity contribution >= 4 is 17.5 Å². The number of pyridine rings is 1. The molecule has 1 saturated heterocycles. The van der Waals surface area contributed by atoms with Crippen molar-refractivity contribution in [1.29, 1.82) is 0 Å². The van der Waals surface area contributed by atoms with Crippen molar-refractivity contribution in [3.8, 4) is 0 Å². The molecule has 2 heterocycles. The predicted octanol–water partition coefficient (Wildman–Crippen LogP) is 3.78. The monoisotopic (exact) mass is 346 g/mol. The average molecular weight is 346 g/mol. The molecule has 0 spiro atoms. The molecule has 1 fully saturated rings. The Bertz CT molecular complexity index is 760. The Morgan fingerprint density at radius 1 is 1.20 bits per heavy atom. The molecule has 2 aromatic rings. The Kier molecular flexibility index (Phi) is 5.11. The predicted molar refractivity (Wildman–Crippen MR) is 92.6 cm³/mol. The minimum atomic E-state index is -0.782. The smallest absolute Gasteiger partial charge is 0.321 e. The number of nitrogens with one attached hydrogen (secondary N) is 2. The number of likely N-dealkylation sites (tertiary alicyclic amines) is 1. The Hall–Kier alpha value is -2.70. The number of hydrogen-bond acceptors (Lipinski definition) is 3. The first-order valence-electron chi connectivity index (χ1n) is 8.22. The van der Waals surface area contributed by atoms with Crippen molar-refractivity contribution in [3.63, 3.8) is 0 Å². The number of aryl methyl sites for hydroxylation is 1. The standard InChI is InChI=1S/C18H20F2N4O/c1-12-3-2-4-17(21-12)22-14-7-9-24(10-8-14)18(25)23-16-6-5-13(19)11-15(16)20/h2-6,11,14H,7-10H2,1H3,(H,21,22)(H,23,25). The minimum absolute atomic E-state index is 0.0180. The highest BCUT2D eigenvalue weighted by molar-refractivity contribution is 5.89. The highest BCUT2D eigenvalue weighted by atomic mass is 19.1. The molecule has 0 saturated carbocycles. The van der Waals surface area contributed by atoms with Gasteiger partial charge in [-0.2, -0.15) is 0 Å². The van der Waals surface area contributed by atoms with Crippen LogP contribution in [0.15, 0.2) is 36.4 Å². The van der Waals surface area contributed by atoms with E-state index in [4.69, 9.17) is 0 Å². The Labute approximate surface area is 145 Å². The van der Waals surface area contributed by atoms with E-state index in [1.54, 1.807) is 4.90 Å². The quantitative estimate of drug-likeness (QED) is 0.889. The van der Waals surface area contributed by atoms with Crippen LogP contribution in [0.25, 0.3) is 0 Å². The summed E-state index contributed by atoms with van der Waals surface area (Å²) in [4.78, 5) is 18.3. The van der Waals surface area contributed by atoms with Gasteiger partial charge in [-0.1, -0.05) is 6.07 Å². The van der Waals surface area contributed by atoms with Crippen molar-refractivity contribution in [1.82, 2.24) is 9.88 Å². The SMILES string of the molecule is Cc1cccc(NC2CCN(C(=O)Nc3ccc(F)cc3F)CC2)n1. The van der Waals surface area contributed by atoms with E-state index < -0.39 is 11.6 Å². The number of hydrogen-bond donors (Lipinski definition) is 2. The molecule has 0 atom stereocenters. The van der Waals surface area contributed by atoms with Crippen LogP contribution in [-0.4, -0.2) is 35.0 Å². The van der Waals surface area contributed by atoms with Gasteiger partial charge in [0, 0.05) is 30.9 Å². The van der Waals surface area contributed by atoms with Crippen molar-refractivity contribution in [2.75, 3.05) is 23.7 Å². The number of piperidine rings is 1. The average Bonchev–Trinajstić information content (AvgIpc) is 2.58. The van der Waals surface area contributed by atoms with Crippen molar-refractivity contribution in [2.24, 2.45) is 0 Å². The first-order valence-corrected chi connectivity index (χ1v) is 8.22. The second-order valence-corrected chi connectivity index (χ2v) is 6.12. The number of urea groups is 1. The molecule has 5 nitrogen and oxygen atoms in total. The third kappa shape index (κ3) is 4.43. The number of rotatable bonds is 3. The number of carbonyl (C=O) groups excluding carboxylic acids is 1. The molecule has 1 aliphatic heterocycles. The molecule has 25 heavy (non-hydrogen) atoms. The number of nitrogens with zero attached hydrogens (tertiary/aromatic N) is 2. The fraction of sp³-hybridized carbons (Fsp3) is 0.333. The molecule has 2 N–H and O–H groups in total. The molecule has 0 unspecified atom stereocenters. The maximum absolute atomic E-state index is 13.6. The van der Waals surface area contributed by atoms with Crippen molar-refractivity contribution in [2.45, 2.75) is 25.8 Å². The zero-order valence-electron chi connectivity index (χ0n) is 13.9. The number of halogens is 2. The largest absolute Gasteiger partial charge is 0.367 e. The van der Waals surface area contributed by atoms with E-state index in [1.807, 2.05) is 25.1 Å². The van der Waals surface area contributed by atoms with Gasteiger partial charge in [0.25, 0.3) is 0 Å². The van der Waals surface area contributed by atoms with Crippen LogP contribution in [0.5, 0.6) is 0 Å². The van der Waals surface area contributed by atoms with Crippen molar-refractivity contribution in [3.05, 3.63) is 53.7 Å². The lowest BCUT2D eigenvalue weighted by molar-refractivity contribution is 0.197. The van der Waals surface area contributed by atoms with Gasteiger partial charge < -0.3 is 15.5 Å². The Morgan fingerprint density at radius 2 is 1.96 bits per heavy atom. The van der Waals surface area contributed by atoms with Gasteiger partial charge in [-0.15, -0.1) is 0 Å². The third-order valence-electron chi connectivity index (χ3n) is 4.20. The molecular weight excluding hydrogens is 326 g/mol. The summed E-state index contributed by atoms with van der Waals surface area (Å²) >= 11 is 0. The summed E-state index contributed by atoms with van der Waals surface area (Å²) in [6.45, 7) is 3.04.